The molecule has 0 atom stereocenters. The Labute approximate surface area is 443 Å². The van der Waals surface area contributed by atoms with E-state index >= 15 is 0 Å². The van der Waals surface area contributed by atoms with Gasteiger partial charge >= 0.3 is 0 Å². The van der Waals surface area contributed by atoms with E-state index in [1.54, 1.807) is 6.26 Å². The van der Waals surface area contributed by atoms with E-state index in [-0.39, 0.29) is 5.41 Å². The lowest BCUT2D eigenvalue weighted by atomic mass is 9.82. The van der Waals surface area contributed by atoms with Crippen molar-refractivity contribution in [3.05, 3.63) is 244 Å². The van der Waals surface area contributed by atoms with Gasteiger partial charge in [0.1, 0.15) is 0 Å². The Morgan fingerprint density at radius 2 is 0.972 bits per heavy atom. The molecule has 0 amide bonds. The summed E-state index contributed by atoms with van der Waals surface area (Å²) in [5.41, 5.74) is 26.8. The van der Waals surface area contributed by atoms with E-state index in [2.05, 4.69) is 283 Å². The highest BCUT2D eigenvalue weighted by Crippen LogP contribution is 2.48. The first-order valence-electron chi connectivity index (χ1n) is 26.3. The number of thiol groups is 1. The second-order valence-corrected chi connectivity index (χ2v) is 18.9. The molecule has 1 heteroatoms. The van der Waals surface area contributed by atoms with Crippen LogP contribution in [0.2, 0.25) is 0 Å². The van der Waals surface area contributed by atoms with Crippen LogP contribution in [0, 0.1) is 40.5 Å². The van der Waals surface area contributed by atoms with E-state index in [4.69, 9.17) is 0 Å². The van der Waals surface area contributed by atoms with Crippen molar-refractivity contribution < 1.29 is 0 Å². The number of benzene rings is 8. The normalized spacial score (nSPS) is 11.7. The number of rotatable bonds is 8. The van der Waals surface area contributed by atoms with Crippen molar-refractivity contribution in [2.24, 2.45) is 5.92 Å². The summed E-state index contributed by atoms with van der Waals surface area (Å²) in [4.78, 5) is 0. The van der Waals surface area contributed by atoms with Gasteiger partial charge in [-0.2, -0.15) is 12.6 Å². The Bertz CT molecular complexity index is 3010. The summed E-state index contributed by atoms with van der Waals surface area (Å²) in [6, 6.07) is 64.0. The van der Waals surface area contributed by atoms with Crippen LogP contribution in [0.5, 0.6) is 0 Å². The fourth-order valence-electron chi connectivity index (χ4n) is 9.39. The van der Waals surface area contributed by atoms with Crippen molar-refractivity contribution >= 4 is 18.2 Å². The minimum Gasteiger partial charge on any atom is -0.183 e. The molecule has 0 heterocycles. The maximum atomic E-state index is 3.53. The molecule has 0 saturated carbocycles. The molecule has 374 valence electrons. The molecule has 1 aliphatic carbocycles. The van der Waals surface area contributed by atoms with Gasteiger partial charge in [-0.3, -0.25) is 0 Å². The monoisotopic (exact) mass is 969 g/mol. The SMILES string of the molecule is C/C=C(\C=C/C(C)C)c1cc(C)cc(-c2ccccc2)c1.CC.CC.CCc1ccccc1-c1cc(-c2ccc(C)c(-c3ccccc3C)c2)ccc1C.CS.Cc1ccc2c(c1)-c1ccccc1C2(C)C. The third kappa shape index (κ3) is 14.6. The third-order valence-electron chi connectivity index (χ3n) is 13.2. The minimum absolute atomic E-state index is 0.152. The molecular weight excluding hydrogens is 885 g/mol. The predicted molar refractivity (Wildman–Crippen MR) is 327 cm³/mol. The molecule has 0 nitrogen and oxygen atoms in total. The molecule has 0 unspecified atom stereocenters. The van der Waals surface area contributed by atoms with Gasteiger partial charge in [0, 0.05) is 5.41 Å². The molecule has 9 rings (SSSR count). The highest BCUT2D eigenvalue weighted by Gasteiger charge is 2.34. The summed E-state index contributed by atoms with van der Waals surface area (Å²) in [5.74, 6) is 0.568. The lowest BCUT2D eigenvalue weighted by Gasteiger charge is -2.21. The van der Waals surface area contributed by atoms with Crippen LogP contribution in [-0.2, 0) is 11.8 Å². The lowest BCUT2D eigenvalue weighted by Crippen LogP contribution is -2.14. The second kappa shape index (κ2) is 28.6. The van der Waals surface area contributed by atoms with Crippen LogP contribution in [0.25, 0.3) is 61.2 Å². The summed E-state index contributed by atoms with van der Waals surface area (Å²) in [7, 11) is 0. The van der Waals surface area contributed by atoms with Gasteiger partial charge in [0.2, 0.25) is 0 Å². The predicted octanol–water partition coefficient (Wildman–Crippen LogP) is 21.4. The van der Waals surface area contributed by atoms with Crippen molar-refractivity contribution in [1.82, 2.24) is 0 Å². The molecule has 8 aromatic carbocycles. The zero-order valence-electron chi connectivity index (χ0n) is 46.7. The molecule has 1 aliphatic rings. The van der Waals surface area contributed by atoms with Gasteiger partial charge in [-0.15, -0.1) is 0 Å². The Balaban J connectivity index is 0.000000231. The number of hydrogen-bond acceptors (Lipinski definition) is 1. The molecule has 0 fully saturated rings. The van der Waals surface area contributed by atoms with Crippen molar-refractivity contribution in [3.63, 3.8) is 0 Å². The van der Waals surface area contributed by atoms with E-state index in [0.717, 1.165) is 6.42 Å². The molecule has 0 radical (unpaired) electrons. The average Bonchev–Trinajstić information content (AvgIpc) is 3.63. The van der Waals surface area contributed by atoms with Crippen LogP contribution in [0.3, 0.4) is 0 Å². The van der Waals surface area contributed by atoms with Gasteiger partial charge in [-0.05, 0) is 184 Å². The molecule has 72 heavy (non-hydrogen) atoms. The average molecular weight is 970 g/mol. The summed E-state index contributed by atoms with van der Waals surface area (Å²) in [6.07, 6.45) is 9.40. The zero-order chi connectivity index (χ0) is 53.0. The van der Waals surface area contributed by atoms with Gasteiger partial charge < -0.3 is 0 Å². The molecule has 8 aromatic rings. The fourth-order valence-corrected chi connectivity index (χ4v) is 9.39. The van der Waals surface area contributed by atoms with Gasteiger partial charge in [0.25, 0.3) is 0 Å². The van der Waals surface area contributed by atoms with Crippen molar-refractivity contribution in [3.8, 4) is 55.6 Å². The highest BCUT2D eigenvalue weighted by atomic mass is 32.1. The van der Waals surface area contributed by atoms with Crippen molar-refractivity contribution in [1.29, 1.82) is 0 Å². The largest absolute Gasteiger partial charge is 0.183 e. The number of hydrogen-bond donors (Lipinski definition) is 1. The molecule has 0 N–H and O–H groups in total. The Hall–Kier alpha value is -6.41. The summed E-state index contributed by atoms with van der Waals surface area (Å²) >= 11 is 3.53. The fraction of sp³-hybridized carbons (Fsp3) is 0.268. The first-order valence-corrected chi connectivity index (χ1v) is 27.2. The van der Waals surface area contributed by atoms with Crippen LogP contribution in [0.1, 0.15) is 119 Å². The van der Waals surface area contributed by atoms with Crippen LogP contribution >= 0.6 is 12.6 Å². The quantitative estimate of drug-likeness (QED) is 0.114. The third-order valence-corrected chi connectivity index (χ3v) is 13.2. The number of aryl methyl sites for hydroxylation is 6. The molecule has 0 bridgehead atoms. The van der Waals surface area contributed by atoms with Crippen LogP contribution in [0.15, 0.2) is 194 Å². The molecular formula is C71H84S. The maximum absolute atomic E-state index is 3.53. The Kier molecular flexibility index (Phi) is 23.1. The summed E-state index contributed by atoms with van der Waals surface area (Å²) in [6.45, 7) is 32.3. The molecule has 0 aliphatic heterocycles. The van der Waals surface area contributed by atoms with Gasteiger partial charge in [0.15, 0.2) is 0 Å². The minimum atomic E-state index is 0.152. The second-order valence-electron chi connectivity index (χ2n) is 18.9. The van der Waals surface area contributed by atoms with E-state index < -0.39 is 0 Å². The van der Waals surface area contributed by atoms with E-state index in [9.17, 15) is 0 Å². The lowest BCUT2D eigenvalue weighted by molar-refractivity contribution is 0.660. The highest BCUT2D eigenvalue weighted by molar-refractivity contribution is 7.79. The van der Waals surface area contributed by atoms with Crippen LogP contribution < -0.4 is 0 Å². The topological polar surface area (TPSA) is 0 Å². The number of allylic oxidation sites excluding steroid dienone is 4. The van der Waals surface area contributed by atoms with Crippen LogP contribution in [-0.4, -0.2) is 6.26 Å². The molecule has 0 saturated heterocycles. The summed E-state index contributed by atoms with van der Waals surface area (Å²) < 4.78 is 0. The van der Waals surface area contributed by atoms with Crippen LogP contribution in [0.4, 0.5) is 0 Å². The van der Waals surface area contributed by atoms with Gasteiger partial charge in [0.05, 0.1) is 0 Å². The molecule has 0 spiro atoms. The first-order chi connectivity index (χ1) is 34.8. The van der Waals surface area contributed by atoms with E-state index in [1.165, 1.54) is 111 Å². The Morgan fingerprint density at radius 1 is 0.458 bits per heavy atom. The van der Waals surface area contributed by atoms with Crippen molar-refractivity contribution in [2.75, 3.05) is 6.26 Å². The van der Waals surface area contributed by atoms with Gasteiger partial charge in [-0.1, -0.05) is 244 Å². The number of fused-ring (bicyclic) bond motifs is 3. The van der Waals surface area contributed by atoms with E-state index in [1.807, 2.05) is 27.7 Å². The standard InChI is InChI=1S/C29H28.C21H24.C16H16.2C2H6.CH4S/c1-5-23-11-7-9-13-27(23)29-19-25(17-15-22(29)4)24-16-14-21(3)28(18-24)26-12-8-6-10-20(26)2;1-5-18(12-11-16(2)3)20-13-17(4)14-21(15-20)19-9-7-6-8-10-19;1-11-8-9-15-13(10-11)12-6-4-5-7-14(12)16(15,2)3;3*1-2/h6-19H,5H2,1-4H3;5-16H,1-4H3;4-10H,1-3H3;2*1-2H3;2H,1H3/b;12-11-,18-5+;;;;. The van der Waals surface area contributed by atoms with Gasteiger partial charge in [-0.25, -0.2) is 0 Å². The maximum Gasteiger partial charge on any atom is 0.0158 e. The van der Waals surface area contributed by atoms with Crippen molar-refractivity contribution in [2.45, 2.75) is 116 Å². The Morgan fingerprint density at radius 3 is 1.56 bits per heavy atom. The first kappa shape index (κ1) is 58.2. The summed E-state index contributed by atoms with van der Waals surface area (Å²) in [5, 5.41) is 0. The zero-order valence-corrected chi connectivity index (χ0v) is 47.6. The molecule has 0 aromatic heterocycles. The van der Waals surface area contributed by atoms with E-state index in [0.29, 0.717) is 5.92 Å². The smallest absolute Gasteiger partial charge is 0.0158 e.